The van der Waals surface area contributed by atoms with E-state index in [0.29, 0.717) is 18.0 Å². The first-order chi connectivity index (χ1) is 12.4. The predicted octanol–water partition coefficient (Wildman–Crippen LogP) is 1.04. The molecule has 0 aliphatic carbocycles. The van der Waals surface area contributed by atoms with Gasteiger partial charge in [-0.05, 0) is 62.9 Å². The Labute approximate surface area is 155 Å². The lowest BCUT2D eigenvalue weighted by Gasteiger charge is -2.22. The molecule has 0 bridgehead atoms. The average molecular weight is 384 g/mol. The molecule has 1 aromatic carbocycles. The molecule has 1 heterocycles. The lowest BCUT2D eigenvalue weighted by Crippen LogP contribution is -2.33. The van der Waals surface area contributed by atoms with E-state index in [2.05, 4.69) is 15.4 Å². The van der Waals surface area contributed by atoms with Gasteiger partial charge in [0.15, 0.2) is 0 Å². The molecule has 1 aromatic rings. The van der Waals surface area contributed by atoms with Gasteiger partial charge < -0.3 is 15.4 Å². The number of sulfonamides is 1. The third kappa shape index (κ3) is 6.05. The third-order valence-electron chi connectivity index (χ3n) is 4.60. The predicted molar refractivity (Wildman–Crippen MR) is 101 cm³/mol. The molecular weight excluding hydrogens is 354 g/mol. The van der Waals surface area contributed by atoms with E-state index in [1.807, 2.05) is 0 Å². The van der Waals surface area contributed by atoms with Gasteiger partial charge >= 0.3 is 0 Å². The molecule has 1 atom stereocenters. The van der Waals surface area contributed by atoms with Crippen molar-refractivity contribution in [2.75, 3.05) is 39.9 Å². The molecule has 3 N–H and O–H groups in total. The Bertz CT molecular complexity index is 700. The highest BCUT2D eigenvalue weighted by Crippen LogP contribution is 2.16. The highest BCUT2D eigenvalue weighted by Gasteiger charge is 2.18. The van der Waals surface area contributed by atoms with Crippen LogP contribution in [0, 0.1) is 12.8 Å². The number of benzene rings is 1. The first-order valence-corrected chi connectivity index (χ1v) is 10.5. The number of rotatable bonds is 9. The second-order valence-electron chi connectivity index (χ2n) is 6.62. The summed E-state index contributed by atoms with van der Waals surface area (Å²) in [7, 11) is -2.16. The van der Waals surface area contributed by atoms with Gasteiger partial charge in [0.2, 0.25) is 10.0 Å². The number of ether oxygens (including phenoxy) is 1. The van der Waals surface area contributed by atoms with E-state index < -0.39 is 10.0 Å². The maximum absolute atomic E-state index is 12.5. The van der Waals surface area contributed by atoms with Crippen LogP contribution in [0.5, 0.6) is 0 Å². The summed E-state index contributed by atoms with van der Waals surface area (Å²) in [6, 6.07) is 4.60. The van der Waals surface area contributed by atoms with E-state index in [1.54, 1.807) is 13.0 Å². The zero-order chi connectivity index (χ0) is 19.0. The summed E-state index contributed by atoms with van der Waals surface area (Å²) in [5.41, 5.74) is 1.14. The summed E-state index contributed by atoms with van der Waals surface area (Å²) in [5.74, 6) is 0.349. The molecule has 1 unspecified atom stereocenters. The van der Waals surface area contributed by atoms with E-state index in [-0.39, 0.29) is 24.0 Å². The summed E-state index contributed by atoms with van der Waals surface area (Å²) >= 11 is 0. The van der Waals surface area contributed by atoms with Gasteiger partial charge in [-0.3, -0.25) is 4.79 Å². The van der Waals surface area contributed by atoms with Gasteiger partial charge in [0, 0.05) is 25.8 Å². The van der Waals surface area contributed by atoms with Crippen LogP contribution in [-0.2, 0) is 14.8 Å². The number of amides is 1. The van der Waals surface area contributed by atoms with Crippen molar-refractivity contribution in [2.24, 2.45) is 5.92 Å². The quantitative estimate of drug-likeness (QED) is 0.554. The minimum atomic E-state index is -3.66. The van der Waals surface area contributed by atoms with Crippen molar-refractivity contribution in [3.05, 3.63) is 29.3 Å². The van der Waals surface area contributed by atoms with Crippen LogP contribution in [0.2, 0.25) is 0 Å². The van der Waals surface area contributed by atoms with E-state index >= 15 is 0 Å². The van der Waals surface area contributed by atoms with Crippen molar-refractivity contribution < 1.29 is 17.9 Å². The molecule has 1 aliphatic heterocycles. The van der Waals surface area contributed by atoms with Crippen LogP contribution in [0.1, 0.15) is 35.2 Å². The van der Waals surface area contributed by atoms with Gasteiger partial charge in [0.1, 0.15) is 0 Å². The number of hydrogen-bond donors (Lipinski definition) is 3. The number of aryl methyl sites for hydroxylation is 1. The Morgan fingerprint density at radius 1 is 1.35 bits per heavy atom. The normalized spacial score (nSPS) is 17.8. The minimum absolute atomic E-state index is 0.0841. The zero-order valence-corrected chi connectivity index (χ0v) is 16.3. The summed E-state index contributed by atoms with van der Waals surface area (Å²) in [6.45, 7) is 4.93. The van der Waals surface area contributed by atoms with Crippen LogP contribution in [-0.4, -0.2) is 54.2 Å². The maximum Gasteiger partial charge on any atom is 0.251 e. The van der Waals surface area contributed by atoms with Crippen LogP contribution in [0.15, 0.2) is 23.1 Å². The smallest absolute Gasteiger partial charge is 0.251 e. The SMILES string of the molecule is COCCNS(=O)(=O)c1ccc(C)c(C(=O)NCCC2CCCNC2)c1. The third-order valence-corrected chi connectivity index (χ3v) is 6.06. The summed E-state index contributed by atoms with van der Waals surface area (Å²) in [5, 5.41) is 6.28. The molecule has 146 valence electrons. The van der Waals surface area contributed by atoms with Gasteiger partial charge in [0.05, 0.1) is 11.5 Å². The van der Waals surface area contributed by atoms with Gasteiger partial charge in [-0.15, -0.1) is 0 Å². The number of carbonyl (C=O) groups is 1. The molecular formula is C18H29N3O4S. The van der Waals surface area contributed by atoms with Crippen LogP contribution in [0.4, 0.5) is 0 Å². The molecule has 1 amide bonds. The number of carbonyl (C=O) groups excluding carboxylic acids is 1. The average Bonchev–Trinajstić information content (AvgIpc) is 2.63. The van der Waals surface area contributed by atoms with Gasteiger partial charge in [0.25, 0.3) is 5.91 Å². The fourth-order valence-corrected chi connectivity index (χ4v) is 4.07. The van der Waals surface area contributed by atoms with Crippen LogP contribution >= 0.6 is 0 Å². The van der Waals surface area contributed by atoms with Crippen molar-refractivity contribution in [1.82, 2.24) is 15.4 Å². The molecule has 1 aliphatic rings. The standard InChI is InChI=1S/C18H29N3O4S/c1-14-5-6-16(26(23,24)21-10-11-25-2)12-17(14)18(22)20-9-7-15-4-3-8-19-13-15/h5-6,12,15,19,21H,3-4,7-11,13H2,1-2H3,(H,20,22). The second-order valence-corrected chi connectivity index (χ2v) is 8.39. The first-order valence-electron chi connectivity index (χ1n) is 9.02. The van der Waals surface area contributed by atoms with Crippen molar-refractivity contribution >= 4 is 15.9 Å². The largest absolute Gasteiger partial charge is 0.383 e. The van der Waals surface area contributed by atoms with E-state index in [1.165, 1.54) is 32.1 Å². The molecule has 2 rings (SSSR count). The summed E-state index contributed by atoms with van der Waals surface area (Å²) < 4.78 is 31.9. The Morgan fingerprint density at radius 2 is 2.15 bits per heavy atom. The highest BCUT2D eigenvalue weighted by molar-refractivity contribution is 7.89. The van der Waals surface area contributed by atoms with Crippen LogP contribution in [0.3, 0.4) is 0 Å². The van der Waals surface area contributed by atoms with Crippen molar-refractivity contribution in [3.63, 3.8) is 0 Å². The number of hydrogen-bond acceptors (Lipinski definition) is 5. The first kappa shape index (κ1) is 20.8. The lowest BCUT2D eigenvalue weighted by atomic mass is 9.96. The van der Waals surface area contributed by atoms with Crippen molar-refractivity contribution in [1.29, 1.82) is 0 Å². The lowest BCUT2D eigenvalue weighted by molar-refractivity contribution is 0.0950. The topological polar surface area (TPSA) is 96.5 Å². The molecule has 0 saturated carbocycles. The second kappa shape index (κ2) is 10.0. The van der Waals surface area contributed by atoms with E-state index in [9.17, 15) is 13.2 Å². The van der Waals surface area contributed by atoms with Crippen molar-refractivity contribution in [3.8, 4) is 0 Å². The van der Waals surface area contributed by atoms with Crippen molar-refractivity contribution in [2.45, 2.75) is 31.1 Å². The Kier molecular flexibility index (Phi) is 8.02. The summed E-state index contributed by atoms with van der Waals surface area (Å²) in [6.07, 6.45) is 3.28. The molecule has 26 heavy (non-hydrogen) atoms. The maximum atomic E-state index is 12.5. The Balaban J connectivity index is 1.97. The molecule has 1 fully saturated rings. The Morgan fingerprint density at radius 3 is 2.85 bits per heavy atom. The fourth-order valence-electron chi connectivity index (χ4n) is 3.03. The monoisotopic (exact) mass is 383 g/mol. The van der Waals surface area contributed by atoms with Gasteiger partial charge in [-0.25, -0.2) is 13.1 Å². The number of piperidine rings is 1. The zero-order valence-electron chi connectivity index (χ0n) is 15.5. The van der Waals surface area contributed by atoms with Crippen LogP contribution in [0.25, 0.3) is 0 Å². The van der Waals surface area contributed by atoms with E-state index in [0.717, 1.165) is 25.1 Å². The molecule has 0 spiro atoms. The van der Waals surface area contributed by atoms with Crippen LogP contribution < -0.4 is 15.4 Å². The number of methoxy groups -OCH3 is 1. The molecule has 0 aromatic heterocycles. The molecule has 8 heteroatoms. The highest BCUT2D eigenvalue weighted by atomic mass is 32.2. The molecule has 1 saturated heterocycles. The van der Waals surface area contributed by atoms with Gasteiger partial charge in [-0.1, -0.05) is 6.07 Å². The fraction of sp³-hybridized carbons (Fsp3) is 0.611. The van der Waals surface area contributed by atoms with Gasteiger partial charge in [-0.2, -0.15) is 0 Å². The Hall–Kier alpha value is -1.48. The molecule has 7 nitrogen and oxygen atoms in total. The van der Waals surface area contributed by atoms with E-state index in [4.69, 9.17) is 4.74 Å². The number of nitrogens with one attached hydrogen (secondary N) is 3. The molecule has 0 radical (unpaired) electrons. The summed E-state index contributed by atoms with van der Waals surface area (Å²) in [4.78, 5) is 12.6. The minimum Gasteiger partial charge on any atom is -0.383 e.